The van der Waals surface area contributed by atoms with Crippen LogP contribution in [0.15, 0.2) is 30.6 Å². The summed E-state index contributed by atoms with van der Waals surface area (Å²) in [6.45, 7) is 12.6. The van der Waals surface area contributed by atoms with Gasteiger partial charge in [0.2, 0.25) is 5.91 Å². The second-order valence-electron chi connectivity index (χ2n) is 9.99. The van der Waals surface area contributed by atoms with Crippen LogP contribution >= 0.6 is 11.8 Å². The van der Waals surface area contributed by atoms with Gasteiger partial charge in [-0.3, -0.25) is 4.79 Å². The fourth-order valence-electron chi connectivity index (χ4n) is 4.83. The first-order chi connectivity index (χ1) is 15.1. The molecule has 4 rings (SSSR count). The summed E-state index contributed by atoms with van der Waals surface area (Å²) in [5, 5.41) is 0.408. The number of rotatable bonds is 5. The fraction of sp³-hybridized carbons (Fsp3) is 0.560. The van der Waals surface area contributed by atoms with Crippen molar-refractivity contribution in [3.63, 3.8) is 0 Å². The quantitative estimate of drug-likeness (QED) is 0.736. The molecule has 0 radical (unpaired) electrons. The van der Waals surface area contributed by atoms with E-state index in [1.54, 1.807) is 6.33 Å². The summed E-state index contributed by atoms with van der Waals surface area (Å²) >= 11 is 1.91. The molecule has 1 amide bonds. The van der Waals surface area contributed by atoms with Crippen LogP contribution in [0.4, 0.5) is 5.82 Å². The molecule has 1 aromatic heterocycles. The molecular weight excluding hydrogens is 418 g/mol. The monoisotopic (exact) mass is 453 g/mol. The predicted octanol–water partition coefficient (Wildman–Crippen LogP) is 4.04. The third kappa shape index (κ3) is 4.79. The standard InChI is InChI=1S/C25H35N5OS/c1-16-6-8-19(9-7-16)20(12-25(4,5)26)24(31)29-10-11-30(17(2)13-29)23-22-18(3)32-14-21(22)27-15-28-23/h6-9,15,17-18,20H,10-14,26H2,1-5H3/t17-,18+,20?/m0/s1. The molecule has 1 saturated heterocycles. The number of anilines is 1. The van der Waals surface area contributed by atoms with Crippen LogP contribution in [0.25, 0.3) is 0 Å². The van der Waals surface area contributed by atoms with Crippen molar-refractivity contribution in [3.8, 4) is 0 Å². The molecule has 6 nitrogen and oxygen atoms in total. The van der Waals surface area contributed by atoms with Crippen LogP contribution < -0.4 is 10.6 Å². The van der Waals surface area contributed by atoms with Gasteiger partial charge in [-0.25, -0.2) is 9.97 Å². The Morgan fingerprint density at radius 2 is 1.94 bits per heavy atom. The number of fused-ring (bicyclic) bond motifs is 1. The van der Waals surface area contributed by atoms with Crippen LogP contribution in [0.1, 0.15) is 67.7 Å². The highest BCUT2D eigenvalue weighted by Gasteiger charge is 2.36. The molecule has 2 aliphatic rings. The Kier molecular flexibility index (Phi) is 6.50. The fourth-order valence-corrected chi connectivity index (χ4v) is 5.88. The van der Waals surface area contributed by atoms with Crippen molar-refractivity contribution < 1.29 is 4.79 Å². The number of amides is 1. The highest BCUT2D eigenvalue weighted by atomic mass is 32.2. The Morgan fingerprint density at radius 1 is 1.22 bits per heavy atom. The van der Waals surface area contributed by atoms with Crippen molar-refractivity contribution in [2.45, 2.75) is 69.5 Å². The third-order valence-corrected chi connectivity index (χ3v) is 7.72. The minimum absolute atomic E-state index is 0.177. The smallest absolute Gasteiger partial charge is 0.230 e. The molecule has 32 heavy (non-hydrogen) atoms. The second kappa shape index (κ2) is 9.02. The van der Waals surface area contributed by atoms with Gasteiger partial charge in [-0.1, -0.05) is 29.8 Å². The molecule has 7 heteroatoms. The van der Waals surface area contributed by atoms with E-state index in [-0.39, 0.29) is 17.9 Å². The molecular formula is C25H35N5OS. The van der Waals surface area contributed by atoms with Gasteiger partial charge in [-0.15, -0.1) is 11.8 Å². The zero-order valence-electron chi connectivity index (χ0n) is 19.8. The number of carbonyl (C=O) groups is 1. The van der Waals surface area contributed by atoms with E-state index in [1.807, 2.05) is 30.5 Å². The maximum atomic E-state index is 13.7. The Morgan fingerprint density at radius 3 is 2.59 bits per heavy atom. The lowest BCUT2D eigenvalue weighted by molar-refractivity contribution is -0.134. The maximum Gasteiger partial charge on any atom is 0.230 e. The first-order valence-corrected chi connectivity index (χ1v) is 12.5. The Labute approximate surface area is 196 Å². The van der Waals surface area contributed by atoms with E-state index in [4.69, 9.17) is 5.73 Å². The van der Waals surface area contributed by atoms with Crippen molar-refractivity contribution in [2.24, 2.45) is 5.73 Å². The van der Waals surface area contributed by atoms with Crippen molar-refractivity contribution in [1.82, 2.24) is 14.9 Å². The summed E-state index contributed by atoms with van der Waals surface area (Å²) in [4.78, 5) is 27.3. The molecule has 0 saturated carbocycles. The average Bonchev–Trinajstić information content (AvgIpc) is 3.13. The number of aryl methyl sites for hydroxylation is 1. The summed E-state index contributed by atoms with van der Waals surface area (Å²) < 4.78 is 0. The molecule has 1 fully saturated rings. The van der Waals surface area contributed by atoms with E-state index >= 15 is 0 Å². The molecule has 0 bridgehead atoms. The highest BCUT2D eigenvalue weighted by Crippen LogP contribution is 2.44. The van der Waals surface area contributed by atoms with E-state index in [9.17, 15) is 4.79 Å². The van der Waals surface area contributed by atoms with Gasteiger partial charge in [-0.05, 0) is 46.6 Å². The van der Waals surface area contributed by atoms with Crippen LogP contribution in [0.5, 0.6) is 0 Å². The number of hydrogen-bond acceptors (Lipinski definition) is 6. The summed E-state index contributed by atoms with van der Waals surface area (Å²) in [5.74, 6) is 1.95. The first-order valence-electron chi connectivity index (χ1n) is 11.5. The van der Waals surface area contributed by atoms with Gasteiger partial charge in [0.15, 0.2) is 0 Å². The molecule has 2 aromatic rings. The van der Waals surface area contributed by atoms with Crippen LogP contribution in [-0.2, 0) is 10.5 Å². The Bertz CT molecular complexity index is 971. The van der Waals surface area contributed by atoms with E-state index in [0.717, 1.165) is 29.4 Å². The second-order valence-corrected chi connectivity index (χ2v) is 11.3. The molecule has 2 N–H and O–H groups in total. The molecule has 0 aliphatic carbocycles. The van der Waals surface area contributed by atoms with Gasteiger partial charge in [0.05, 0.1) is 11.6 Å². The summed E-state index contributed by atoms with van der Waals surface area (Å²) in [7, 11) is 0. The molecule has 0 spiro atoms. The SMILES string of the molecule is Cc1ccc(C(CC(C)(C)N)C(=O)N2CCN(c3ncnc4c3[C@@H](C)SC4)[C@@H](C)C2)cc1. The number of aromatic nitrogens is 2. The van der Waals surface area contributed by atoms with Gasteiger partial charge >= 0.3 is 0 Å². The zero-order valence-corrected chi connectivity index (χ0v) is 20.7. The van der Waals surface area contributed by atoms with Crippen LogP contribution in [-0.4, -0.2) is 52.0 Å². The normalized spacial score (nSPS) is 22.1. The third-order valence-electron chi connectivity index (χ3n) is 6.54. The largest absolute Gasteiger partial charge is 0.350 e. The molecule has 3 heterocycles. The van der Waals surface area contributed by atoms with E-state index in [2.05, 4.69) is 59.9 Å². The van der Waals surface area contributed by atoms with Gasteiger partial charge < -0.3 is 15.5 Å². The number of thioether (sulfide) groups is 1. The molecule has 1 unspecified atom stereocenters. The minimum atomic E-state index is -0.423. The van der Waals surface area contributed by atoms with Crippen molar-refractivity contribution in [1.29, 1.82) is 0 Å². The number of nitrogens with zero attached hydrogens (tertiary/aromatic N) is 4. The Balaban J connectivity index is 1.53. The molecule has 172 valence electrons. The van der Waals surface area contributed by atoms with Gasteiger partial charge in [0, 0.05) is 47.8 Å². The summed E-state index contributed by atoms with van der Waals surface area (Å²) in [5.41, 5.74) is 10.6. The van der Waals surface area contributed by atoms with E-state index in [1.165, 1.54) is 11.1 Å². The lowest BCUT2D eigenvalue weighted by Crippen LogP contribution is -2.55. The highest BCUT2D eigenvalue weighted by molar-refractivity contribution is 7.99. The van der Waals surface area contributed by atoms with Crippen molar-refractivity contribution in [2.75, 3.05) is 24.5 Å². The van der Waals surface area contributed by atoms with Crippen molar-refractivity contribution >= 4 is 23.5 Å². The number of nitrogens with two attached hydrogens (primary N) is 1. The first kappa shape index (κ1) is 23.1. The lowest BCUT2D eigenvalue weighted by atomic mass is 9.85. The Hall–Kier alpha value is -2.12. The number of piperazine rings is 1. The van der Waals surface area contributed by atoms with Gasteiger partial charge in [0.25, 0.3) is 0 Å². The summed E-state index contributed by atoms with van der Waals surface area (Å²) in [6.07, 6.45) is 2.31. The van der Waals surface area contributed by atoms with Gasteiger partial charge in [-0.2, -0.15) is 0 Å². The average molecular weight is 454 g/mol. The maximum absolute atomic E-state index is 13.7. The zero-order chi connectivity index (χ0) is 23.0. The van der Waals surface area contributed by atoms with Crippen LogP contribution in [0, 0.1) is 6.92 Å². The summed E-state index contributed by atoms with van der Waals surface area (Å²) in [6, 6.07) is 8.50. The van der Waals surface area contributed by atoms with E-state index < -0.39 is 5.54 Å². The minimum Gasteiger partial charge on any atom is -0.350 e. The molecule has 2 aliphatic heterocycles. The molecule has 1 aromatic carbocycles. The number of hydrogen-bond donors (Lipinski definition) is 1. The van der Waals surface area contributed by atoms with E-state index in [0.29, 0.717) is 24.8 Å². The lowest BCUT2D eigenvalue weighted by Gasteiger charge is -2.42. The van der Waals surface area contributed by atoms with Gasteiger partial charge in [0.1, 0.15) is 12.1 Å². The topological polar surface area (TPSA) is 75.4 Å². The molecule has 3 atom stereocenters. The predicted molar refractivity (Wildman–Crippen MR) is 132 cm³/mol. The van der Waals surface area contributed by atoms with Crippen LogP contribution in [0.3, 0.4) is 0 Å². The van der Waals surface area contributed by atoms with Crippen LogP contribution in [0.2, 0.25) is 0 Å². The number of carbonyl (C=O) groups excluding carboxylic acids is 1. The number of benzene rings is 1. The van der Waals surface area contributed by atoms with Crippen molar-refractivity contribution in [3.05, 3.63) is 53.0 Å².